The molecular weight excluding hydrogens is 774 g/mol. The highest BCUT2D eigenvalue weighted by Gasteiger charge is 2.50. The molecule has 3 N–H and O–H groups in total. The molecule has 58 heavy (non-hydrogen) atoms. The van der Waals surface area contributed by atoms with Crippen molar-refractivity contribution in [1.82, 2.24) is 35.1 Å². The molecular formula is C41H52ClN11O4Si. The summed E-state index contributed by atoms with van der Waals surface area (Å²) in [6, 6.07) is 16.0. The van der Waals surface area contributed by atoms with Crippen LogP contribution in [0.2, 0.25) is 23.2 Å². The average Bonchev–Trinajstić information content (AvgIpc) is 3.96. The van der Waals surface area contributed by atoms with Gasteiger partial charge in [0.25, 0.3) is 0 Å². The van der Waals surface area contributed by atoms with Gasteiger partial charge in [0.15, 0.2) is 25.5 Å². The third-order valence-electron chi connectivity index (χ3n) is 11.8. The van der Waals surface area contributed by atoms with Gasteiger partial charge in [0.05, 0.1) is 67.1 Å². The van der Waals surface area contributed by atoms with Gasteiger partial charge in [-0.3, -0.25) is 9.69 Å². The van der Waals surface area contributed by atoms with Crippen molar-refractivity contribution in [3.05, 3.63) is 70.0 Å². The minimum Gasteiger partial charge on any atom is -0.497 e. The fourth-order valence-electron chi connectivity index (χ4n) is 7.40. The first-order chi connectivity index (χ1) is 27.7. The first-order valence-electron chi connectivity index (χ1n) is 19.8. The number of halogens is 1. The summed E-state index contributed by atoms with van der Waals surface area (Å²) < 4.78 is 19.6. The van der Waals surface area contributed by atoms with Gasteiger partial charge in [0, 0.05) is 37.8 Å². The number of nitriles is 2. The maximum absolute atomic E-state index is 14.1. The normalized spacial score (nSPS) is 20.3. The number of hydrogen-bond acceptors (Lipinski definition) is 13. The molecule has 0 spiro atoms. The predicted molar refractivity (Wildman–Crippen MR) is 224 cm³/mol. The van der Waals surface area contributed by atoms with Crippen LogP contribution in [0.15, 0.2) is 42.6 Å². The van der Waals surface area contributed by atoms with E-state index in [2.05, 4.69) is 76.7 Å². The third kappa shape index (κ3) is 8.64. The van der Waals surface area contributed by atoms with E-state index in [9.17, 15) is 15.3 Å². The minimum atomic E-state index is -2.41. The van der Waals surface area contributed by atoms with Gasteiger partial charge in [-0.1, -0.05) is 44.5 Å². The van der Waals surface area contributed by atoms with Gasteiger partial charge >= 0.3 is 0 Å². The summed E-state index contributed by atoms with van der Waals surface area (Å²) in [7, 11) is -0.773. The lowest BCUT2D eigenvalue weighted by Gasteiger charge is -2.50. The lowest BCUT2D eigenvalue weighted by molar-refractivity contribution is -0.127. The van der Waals surface area contributed by atoms with Crippen LogP contribution in [0.25, 0.3) is 5.65 Å². The van der Waals surface area contributed by atoms with Crippen molar-refractivity contribution in [2.45, 2.75) is 82.4 Å². The molecule has 2 aromatic carbocycles. The molecule has 0 unspecified atom stereocenters. The number of nitrogens with zero attached hydrogens (tertiary/aromatic N) is 8. The molecule has 1 saturated carbocycles. The number of methoxy groups -OCH3 is 1. The Bertz CT molecular complexity index is 2220. The molecule has 0 radical (unpaired) electrons. The SMILES string of the molecule is COc1ccc(CN(c2nc(Nc3cc(C#N)cc([C@]4(NC(=O)CN5CCOCC5)CCNC[C@H]4O[Si](C)(C)C(C)(C)C)c3Cl)nn3c(C#N)cnc23)C2CC2)cc1. The molecule has 3 fully saturated rings. The van der Waals surface area contributed by atoms with Crippen LogP contribution >= 0.6 is 11.6 Å². The van der Waals surface area contributed by atoms with Crippen molar-refractivity contribution >= 4 is 48.9 Å². The predicted octanol–water partition coefficient (Wildman–Crippen LogP) is 5.47. The number of anilines is 3. The van der Waals surface area contributed by atoms with E-state index in [1.807, 2.05) is 24.3 Å². The van der Waals surface area contributed by atoms with Crippen molar-refractivity contribution < 1.29 is 18.7 Å². The second kappa shape index (κ2) is 16.8. The van der Waals surface area contributed by atoms with Gasteiger partial charge < -0.3 is 34.8 Å². The van der Waals surface area contributed by atoms with Crippen LogP contribution in [0, 0.1) is 22.7 Å². The van der Waals surface area contributed by atoms with E-state index in [1.165, 1.54) is 10.7 Å². The molecule has 1 amide bonds. The van der Waals surface area contributed by atoms with Gasteiger partial charge in [-0.15, -0.1) is 5.10 Å². The second-order valence-electron chi connectivity index (χ2n) is 16.8. The smallest absolute Gasteiger partial charge is 0.247 e. The number of carbonyl (C=O) groups is 1. The number of carbonyl (C=O) groups excluding carboxylic acids is 1. The van der Waals surface area contributed by atoms with Crippen LogP contribution in [-0.2, 0) is 26.0 Å². The minimum absolute atomic E-state index is 0.121. The molecule has 306 valence electrons. The Morgan fingerprint density at radius 1 is 1.16 bits per heavy atom. The number of nitrogens with one attached hydrogen (secondary N) is 3. The zero-order chi connectivity index (χ0) is 41.2. The highest BCUT2D eigenvalue weighted by Crippen LogP contribution is 2.45. The van der Waals surface area contributed by atoms with Crippen LogP contribution < -0.4 is 25.6 Å². The summed E-state index contributed by atoms with van der Waals surface area (Å²) in [5, 5.41) is 35.7. The summed E-state index contributed by atoms with van der Waals surface area (Å²) >= 11 is 7.50. The molecule has 2 aliphatic heterocycles. The topological polar surface area (TPSA) is 178 Å². The lowest BCUT2D eigenvalue weighted by Crippen LogP contribution is -2.65. The number of aromatic nitrogens is 4. The average molecular weight is 826 g/mol. The molecule has 15 nitrogen and oxygen atoms in total. The zero-order valence-electron chi connectivity index (χ0n) is 34.1. The van der Waals surface area contributed by atoms with E-state index in [0.29, 0.717) is 85.7 Å². The van der Waals surface area contributed by atoms with Crippen molar-refractivity contribution in [2.75, 3.05) is 63.3 Å². The van der Waals surface area contributed by atoms with E-state index in [-0.39, 0.29) is 35.2 Å². The van der Waals surface area contributed by atoms with E-state index in [0.717, 1.165) is 24.2 Å². The lowest BCUT2D eigenvalue weighted by atomic mass is 9.78. The van der Waals surface area contributed by atoms with E-state index < -0.39 is 20.0 Å². The summed E-state index contributed by atoms with van der Waals surface area (Å²) in [6.07, 6.45) is 3.40. The maximum Gasteiger partial charge on any atom is 0.247 e. The summed E-state index contributed by atoms with van der Waals surface area (Å²) in [5.74, 6) is 1.31. The molecule has 7 rings (SSSR count). The number of ether oxygens (including phenoxy) is 2. The Hall–Kier alpha value is -4.81. The summed E-state index contributed by atoms with van der Waals surface area (Å²) in [4.78, 5) is 28.0. The van der Waals surface area contributed by atoms with Crippen LogP contribution in [0.5, 0.6) is 5.75 Å². The number of morpholine rings is 1. The maximum atomic E-state index is 14.1. The number of rotatable bonds is 13. The molecule has 2 aromatic heterocycles. The largest absolute Gasteiger partial charge is 0.497 e. The van der Waals surface area contributed by atoms with Gasteiger partial charge in [-0.25, -0.2) is 4.98 Å². The zero-order valence-corrected chi connectivity index (χ0v) is 35.8. The number of imidazole rings is 1. The van der Waals surface area contributed by atoms with Crippen LogP contribution in [0.3, 0.4) is 0 Å². The Kier molecular flexibility index (Phi) is 12.0. The molecule has 2 atom stereocenters. The van der Waals surface area contributed by atoms with Crippen molar-refractivity contribution in [1.29, 1.82) is 10.5 Å². The number of fused-ring (bicyclic) bond motifs is 1. The number of hydrogen-bond donors (Lipinski definition) is 3. The highest BCUT2D eigenvalue weighted by atomic mass is 35.5. The molecule has 4 heterocycles. The third-order valence-corrected chi connectivity index (χ3v) is 16.7. The van der Waals surface area contributed by atoms with Crippen molar-refractivity contribution in [2.24, 2.45) is 0 Å². The van der Waals surface area contributed by atoms with E-state index >= 15 is 0 Å². The van der Waals surface area contributed by atoms with Gasteiger partial charge in [-0.2, -0.15) is 20.0 Å². The number of piperidine rings is 1. The van der Waals surface area contributed by atoms with Crippen molar-refractivity contribution in [3.8, 4) is 17.9 Å². The Balaban J connectivity index is 1.32. The monoisotopic (exact) mass is 825 g/mol. The van der Waals surface area contributed by atoms with Crippen LogP contribution in [0.4, 0.5) is 17.5 Å². The standard InChI is InChI=1S/C41H52ClN11O4Si/c1-40(2,3)58(5,6)57-34-24-45-14-13-41(34,49-35(54)26-51-15-17-56-18-16-51)32-19-28(21-43)20-33(36(32)42)47-39-48-38(37-46-23-30(22-44)53(37)50-39)52(29-9-10-29)25-27-7-11-31(55-4)12-8-27/h7-8,11-12,19-20,23,29,34,45H,9-10,13-18,24-26H2,1-6H3,(H,47,50)(H,49,54)/t34-,41-/m1/s1. The Labute approximate surface area is 345 Å². The molecule has 17 heteroatoms. The van der Waals surface area contributed by atoms with Gasteiger partial charge in [0.1, 0.15) is 11.8 Å². The van der Waals surface area contributed by atoms with E-state index in [1.54, 1.807) is 19.2 Å². The fourth-order valence-corrected chi connectivity index (χ4v) is 9.08. The summed E-state index contributed by atoms with van der Waals surface area (Å²) in [6.45, 7) is 15.1. The van der Waals surface area contributed by atoms with Crippen LogP contribution in [0.1, 0.15) is 62.4 Å². The van der Waals surface area contributed by atoms with Crippen molar-refractivity contribution in [3.63, 3.8) is 0 Å². The number of benzene rings is 2. The van der Waals surface area contributed by atoms with E-state index in [4.69, 9.17) is 35.6 Å². The molecule has 2 saturated heterocycles. The van der Waals surface area contributed by atoms with Gasteiger partial charge in [-0.05, 0) is 73.8 Å². The quantitative estimate of drug-likeness (QED) is 0.145. The first kappa shape index (κ1) is 41.4. The van der Waals surface area contributed by atoms with Gasteiger partial charge in [0.2, 0.25) is 11.9 Å². The Morgan fingerprint density at radius 2 is 1.90 bits per heavy atom. The fraction of sp³-hybridized carbons (Fsp3) is 0.512. The number of amides is 1. The first-order valence-corrected chi connectivity index (χ1v) is 23.1. The molecule has 0 bridgehead atoms. The highest BCUT2D eigenvalue weighted by molar-refractivity contribution is 6.74. The Morgan fingerprint density at radius 3 is 2.55 bits per heavy atom. The summed E-state index contributed by atoms with van der Waals surface area (Å²) in [5.41, 5.74) is 1.91. The molecule has 3 aliphatic rings. The molecule has 1 aliphatic carbocycles. The second-order valence-corrected chi connectivity index (χ2v) is 21.9. The van der Waals surface area contributed by atoms with Crippen LogP contribution in [-0.4, -0.2) is 104 Å². The molecule has 4 aromatic rings.